The van der Waals surface area contributed by atoms with E-state index in [2.05, 4.69) is 13.2 Å². The molecule has 0 aliphatic heterocycles. The van der Waals surface area contributed by atoms with Gasteiger partial charge in [0.05, 0.1) is 0 Å². The molecule has 0 radical (unpaired) electrons. The second kappa shape index (κ2) is 4.45. The van der Waals surface area contributed by atoms with Crippen molar-refractivity contribution in [2.45, 2.75) is 39.2 Å². The summed E-state index contributed by atoms with van der Waals surface area (Å²) in [5.74, 6) is 0.253. The van der Waals surface area contributed by atoms with Crippen molar-refractivity contribution in [3.63, 3.8) is 0 Å². The van der Waals surface area contributed by atoms with Crippen LogP contribution in [0.25, 0.3) is 0 Å². The summed E-state index contributed by atoms with van der Waals surface area (Å²) in [5.41, 5.74) is 2.22. The van der Waals surface area contributed by atoms with Crippen molar-refractivity contribution in [3.05, 3.63) is 24.3 Å². The van der Waals surface area contributed by atoms with Gasteiger partial charge in [-0.15, -0.1) is 0 Å². The lowest BCUT2D eigenvalue weighted by Crippen LogP contribution is -2.27. The number of ether oxygens (including phenoxy) is 1. The monoisotopic (exact) mass is 194 g/mol. The molecule has 1 saturated carbocycles. The smallest absolute Gasteiger partial charge is 0.303 e. The summed E-state index contributed by atoms with van der Waals surface area (Å²) in [7, 11) is 0. The average Bonchev–Trinajstić information content (AvgIpc) is 2.07. The maximum Gasteiger partial charge on any atom is 0.303 e. The predicted molar refractivity (Wildman–Crippen MR) is 56.8 cm³/mol. The van der Waals surface area contributed by atoms with Gasteiger partial charge in [-0.2, -0.15) is 0 Å². The van der Waals surface area contributed by atoms with E-state index in [9.17, 15) is 4.79 Å². The number of carbonyl (C=O) groups is 1. The predicted octanol–water partition coefficient (Wildman–Crippen LogP) is 2.85. The molecule has 0 heterocycles. The molecule has 2 unspecified atom stereocenters. The summed E-state index contributed by atoms with van der Waals surface area (Å²) in [6.07, 6.45) is 2.79. The first-order valence-corrected chi connectivity index (χ1v) is 5.01. The third-order valence-electron chi connectivity index (χ3n) is 2.77. The molecule has 2 heteroatoms. The molecule has 0 bridgehead atoms. The molecule has 1 aliphatic carbocycles. The maximum absolute atomic E-state index is 10.8. The molecule has 0 aromatic rings. The Bertz CT molecular complexity index is 265. The van der Waals surface area contributed by atoms with Gasteiger partial charge >= 0.3 is 5.97 Å². The van der Waals surface area contributed by atoms with Crippen molar-refractivity contribution in [1.29, 1.82) is 0 Å². The average molecular weight is 194 g/mol. The Hall–Kier alpha value is -1.05. The molecule has 14 heavy (non-hydrogen) atoms. The molecule has 0 aromatic carbocycles. The van der Waals surface area contributed by atoms with E-state index in [1.165, 1.54) is 12.5 Å². The van der Waals surface area contributed by atoms with E-state index in [-0.39, 0.29) is 12.1 Å². The van der Waals surface area contributed by atoms with E-state index >= 15 is 0 Å². The Morgan fingerprint density at radius 3 is 2.64 bits per heavy atom. The fourth-order valence-corrected chi connectivity index (χ4v) is 1.84. The summed E-state index contributed by atoms with van der Waals surface area (Å²) >= 11 is 0. The molecule has 0 saturated heterocycles. The SMILES string of the molecule is C=C(C)C1CCC(=C)C(OC(C)=O)C1. The summed E-state index contributed by atoms with van der Waals surface area (Å²) in [6.45, 7) is 11.4. The molecule has 0 N–H and O–H groups in total. The van der Waals surface area contributed by atoms with Crippen LogP contribution in [0.2, 0.25) is 0 Å². The van der Waals surface area contributed by atoms with E-state index in [4.69, 9.17) is 4.74 Å². The minimum atomic E-state index is -0.224. The number of hydrogen-bond acceptors (Lipinski definition) is 2. The van der Waals surface area contributed by atoms with Crippen molar-refractivity contribution < 1.29 is 9.53 Å². The lowest BCUT2D eigenvalue weighted by molar-refractivity contribution is -0.145. The first-order chi connectivity index (χ1) is 6.50. The van der Waals surface area contributed by atoms with Gasteiger partial charge in [-0.3, -0.25) is 4.79 Å². The number of hydrogen-bond donors (Lipinski definition) is 0. The van der Waals surface area contributed by atoms with Crippen LogP contribution >= 0.6 is 0 Å². The van der Waals surface area contributed by atoms with Gasteiger partial charge in [-0.05, 0) is 37.7 Å². The minimum Gasteiger partial charge on any atom is -0.458 e. The first-order valence-electron chi connectivity index (χ1n) is 5.01. The first kappa shape index (κ1) is 11.0. The van der Waals surface area contributed by atoms with Gasteiger partial charge in [0.25, 0.3) is 0 Å². The van der Waals surface area contributed by atoms with Crippen LogP contribution < -0.4 is 0 Å². The van der Waals surface area contributed by atoms with Crippen LogP contribution in [0.15, 0.2) is 24.3 Å². The van der Waals surface area contributed by atoms with Crippen LogP contribution in [0.3, 0.4) is 0 Å². The normalized spacial score (nSPS) is 27.1. The van der Waals surface area contributed by atoms with Gasteiger partial charge < -0.3 is 4.74 Å². The van der Waals surface area contributed by atoms with Crippen LogP contribution in [0.5, 0.6) is 0 Å². The van der Waals surface area contributed by atoms with Crippen LogP contribution in [0.1, 0.15) is 33.1 Å². The van der Waals surface area contributed by atoms with Gasteiger partial charge in [0.1, 0.15) is 6.10 Å². The Morgan fingerprint density at radius 1 is 1.50 bits per heavy atom. The van der Waals surface area contributed by atoms with Crippen LogP contribution in [-0.4, -0.2) is 12.1 Å². The van der Waals surface area contributed by atoms with Gasteiger partial charge in [0.2, 0.25) is 0 Å². The summed E-state index contributed by atoms with van der Waals surface area (Å²) < 4.78 is 5.20. The van der Waals surface area contributed by atoms with E-state index < -0.39 is 0 Å². The molecule has 1 fully saturated rings. The van der Waals surface area contributed by atoms with Crippen molar-refractivity contribution in [3.8, 4) is 0 Å². The van der Waals surface area contributed by atoms with Gasteiger partial charge in [-0.1, -0.05) is 18.7 Å². The van der Waals surface area contributed by atoms with Crippen molar-refractivity contribution >= 4 is 5.97 Å². The molecular weight excluding hydrogens is 176 g/mol. The highest BCUT2D eigenvalue weighted by molar-refractivity contribution is 5.66. The lowest BCUT2D eigenvalue weighted by Gasteiger charge is -2.30. The van der Waals surface area contributed by atoms with Crippen molar-refractivity contribution in [2.24, 2.45) is 5.92 Å². The molecule has 2 nitrogen and oxygen atoms in total. The maximum atomic E-state index is 10.8. The Balaban J connectivity index is 2.59. The molecule has 0 spiro atoms. The summed E-state index contributed by atoms with van der Waals surface area (Å²) in [5, 5.41) is 0. The van der Waals surface area contributed by atoms with Crippen molar-refractivity contribution in [2.75, 3.05) is 0 Å². The van der Waals surface area contributed by atoms with Gasteiger partial charge in [0, 0.05) is 6.92 Å². The zero-order valence-electron chi connectivity index (χ0n) is 9.01. The second-order valence-corrected chi connectivity index (χ2v) is 4.07. The zero-order chi connectivity index (χ0) is 10.7. The van der Waals surface area contributed by atoms with Gasteiger partial charge in [-0.25, -0.2) is 0 Å². The van der Waals surface area contributed by atoms with Gasteiger partial charge in [0.15, 0.2) is 0 Å². The number of allylic oxidation sites excluding steroid dienone is 1. The highest BCUT2D eigenvalue weighted by Gasteiger charge is 2.26. The number of esters is 1. The molecule has 0 aromatic heterocycles. The molecule has 1 rings (SSSR count). The highest BCUT2D eigenvalue weighted by atomic mass is 16.5. The van der Waals surface area contributed by atoms with Crippen molar-refractivity contribution in [1.82, 2.24) is 0 Å². The van der Waals surface area contributed by atoms with E-state index in [0.717, 1.165) is 24.8 Å². The summed E-state index contributed by atoms with van der Waals surface area (Å²) in [6, 6.07) is 0. The highest BCUT2D eigenvalue weighted by Crippen LogP contribution is 2.33. The molecule has 78 valence electrons. The molecule has 0 amide bonds. The third-order valence-corrected chi connectivity index (χ3v) is 2.77. The van der Waals surface area contributed by atoms with Crippen LogP contribution in [0, 0.1) is 5.92 Å². The molecular formula is C12H18O2. The number of rotatable bonds is 2. The number of carbonyl (C=O) groups excluding carboxylic acids is 1. The Labute approximate surface area is 85.6 Å². The van der Waals surface area contributed by atoms with Crippen LogP contribution in [0.4, 0.5) is 0 Å². The summed E-state index contributed by atoms with van der Waals surface area (Å²) in [4.78, 5) is 10.8. The zero-order valence-corrected chi connectivity index (χ0v) is 9.01. The Morgan fingerprint density at radius 2 is 2.14 bits per heavy atom. The fraction of sp³-hybridized carbons (Fsp3) is 0.583. The minimum absolute atomic E-state index is 0.0945. The quantitative estimate of drug-likeness (QED) is 0.499. The molecule has 2 atom stereocenters. The topological polar surface area (TPSA) is 26.3 Å². The Kier molecular flexibility index (Phi) is 3.50. The fourth-order valence-electron chi connectivity index (χ4n) is 1.84. The molecule has 1 aliphatic rings. The third kappa shape index (κ3) is 2.72. The van der Waals surface area contributed by atoms with E-state index in [1.54, 1.807) is 0 Å². The lowest BCUT2D eigenvalue weighted by atomic mass is 9.81. The standard InChI is InChI=1S/C12H18O2/c1-8(2)11-6-5-9(3)12(7-11)14-10(4)13/h11-12H,1,3,5-7H2,2,4H3. The van der Waals surface area contributed by atoms with Crippen LogP contribution in [-0.2, 0) is 9.53 Å². The second-order valence-electron chi connectivity index (χ2n) is 4.07. The van der Waals surface area contributed by atoms with E-state index in [0.29, 0.717) is 5.92 Å². The largest absolute Gasteiger partial charge is 0.458 e. The van der Waals surface area contributed by atoms with E-state index in [1.807, 2.05) is 6.92 Å².